The van der Waals surface area contributed by atoms with E-state index in [9.17, 15) is 14.4 Å². The van der Waals surface area contributed by atoms with Gasteiger partial charge in [0.25, 0.3) is 5.91 Å². The summed E-state index contributed by atoms with van der Waals surface area (Å²) >= 11 is 0. The first-order valence-electron chi connectivity index (χ1n) is 10.0. The highest BCUT2D eigenvalue weighted by Crippen LogP contribution is 2.40. The molecule has 30 heavy (non-hydrogen) atoms. The monoisotopic (exact) mass is 403 g/mol. The molecule has 1 aliphatic heterocycles. The van der Waals surface area contributed by atoms with E-state index in [1.54, 1.807) is 6.07 Å². The summed E-state index contributed by atoms with van der Waals surface area (Å²) in [5.74, 6) is -0.983. The average Bonchev–Trinajstić information content (AvgIpc) is 2.71. The van der Waals surface area contributed by atoms with Gasteiger partial charge in [-0.2, -0.15) is 5.26 Å². The molecule has 0 saturated carbocycles. The molecule has 1 amide bonds. The van der Waals surface area contributed by atoms with E-state index in [1.807, 2.05) is 50.2 Å². The zero-order valence-corrected chi connectivity index (χ0v) is 17.8. The van der Waals surface area contributed by atoms with Crippen LogP contribution in [0.4, 0.5) is 10.1 Å². The Bertz CT molecular complexity index is 1060. The summed E-state index contributed by atoms with van der Waals surface area (Å²) in [6.07, 6.45) is 3.47. The highest BCUT2D eigenvalue weighted by atomic mass is 19.1. The Morgan fingerprint density at radius 2 is 1.97 bits per heavy atom. The minimum atomic E-state index is -0.526. The van der Waals surface area contributed by atoms with E-state index >= 15 is 0 Å². The number of amides is 1. The number of rotatable bonds is 5. The van der Waals surface area contributed by atoms with Crippen molar-refractivity contribution in [2.75, 3.05) is 11.4 Å². The molecule has 1 heterocycles. The molecule has 2 aromatic carbocycles. The Hall–Kier alpha value is -3.39. The number of hydrogen-bond donors (Lipinski definition) is 1. The summed E-state index contributed by atoms with van der Waals surface area (Å²) in [5.41, 5.74) is 3.58. The molecule has 0 atom stereocenters. The van der Waals surface area contributed by atoms with Crippen LogP contribution in [0, 0.1) is 17.1 Å². The number of hydrogen-bond acceptors (Lipinski definition) is 3. The molecule has 0 spiro atoms. The van der Waals surface area contributed by atoms with Gasteiger partial charge < -0.3 is 10.2 Å². The third kappa shape index (κ3) is 4.28. The predicted molar refractivity (Wildman–Crippen MR) is 119 cm³/mol. The Kier molecular flexibility index (Phi) is 6.07. The second kappa shape index (κ2) is 8.54. The van der Waals surface area contributed by atoms with E-state index in [0.717, 1.165) is 28.9 Å². The molecule has 2 aromatic rings. The average molecular weight is 404 g/mol. The van der Waals surface area contributed by atoms with E-state index in [1.165, 1.54) is 12.1 Å². The summed E-state index contributed by atoms with van der Waals surface area (Å²) in [7, 11) is 0. The molecule has 0 saturated heterocycles. The van der Waals surface area contributed by atoms with Gasteiger partial charge >= 0.3 is 0 Å². The van der Waals surface area contributed by atoms with Gasteiger partial charge in [-0.15, -0.1) is 0 Å². The fourth-order valence-corrected chi connectivity index (χ4v) is 3.98. The van der Waals surface area contributed by atoms with E-state index in [2.05, 4.69) is 30.1 Å². The van der Waals surface area contributed by atoms with Gasteiger partial charge in [-0.05, 0) is 57.0 Å². The van der Waals surface area contributed by atoms with Crippen LogP contribution in [0.1, 0.15) is 44.4 Å². The molecular weight excluding hydrogens is 377 g/mol. The Labute approximate surface area is 177 Å². The van der Waals surface area contributed by atoms with Gasteiger partial charge in [0.15, 0.2) is 0 Å². The van der Waals surface area contributed by atoms with Crippen LogP contribution in [0.25, 0.3) is 11.6 Å². The largest absolute Gasteiger partial charge is 0.363 e. The van der Waals surface area contributed by atoms with Crippen molar-refractivity contribution in [2.24, 2.45) is 0 Å². The zero-order chi connectivity index (χ0) is 21.9. The summed E-state index contributed by atoms with van der Waals surface area (Å²) < 4.78 is 14.9. The quantitative estimate of drug-likeness (QED) is 0.560. The number of nitrogens with one attached hydrogen (secondary N) is 1. The van der Waals surface area contributed by atoms with Crippen molar-refractivity contribution in [1.82, 2.24) is 5.32 Å². The lowest BCUT2D eigenvalue weighted by molar-refractivity contribution is -0.117. The maximum atomic E-state index is 14.9. The van der Waals surface area contributed by atoms with Gasteiger partial charge in [0.1, 0.15) is 17.5 Å². The van der Waals surface area contributed by atoms with Gasteiger partial charge in [-0.3, -0.25) is 4.79 Å². The molecule has 1 aliphatic rings. The Morgan fingerprint density at radius 1 is 1.27 bits per heavy atom. The van der Waals surface area contributed by atoms with Crippen LogP contribution in [0.5, 0.6) is 0 Å². The normalized spacial score (nSPS) is 15.1. The van der Waals surface area contributed by atoms with Crippen molar-refractivity contribution in [3.05, 3.63) is 76.6 Å². The number of nitrogens with zero attached hydrogens (tertiary/aromatic N) is 2. The third-order valence-electron chi connectivity index (χ3n) is 5.37. The lowest BCUT2D eigenvalue weighted by Gasteiger charge is -2.42. The van der Waals surface area contributed by atoms with Crippen LogP contribution in [0.15, 0.2) is 54.1 Å². The lowest BCUT2D eigenvalue weighted by atomic mass is 9.87. The molecule has 0 bridgehead atoms. The molecule has 5 heteroatoms. The second-order valence-corrected chi connectivity index (χ2v) is 7.95. The summed E-state index contributed by atoms with van der Waals surface area (Å²) in [4.78, 5) is 14.6. The maximum absolute atomic E-state index is 14.9. The van der Waals surface area contributed by atoms with Gasteiger partial charge in [-0.1, -0.05) is 36.4 Å². The standard InChI is InChI=1S/C25H26FN3O/c1-5-29-23-13-22(26)19(12-21(23)17(2)14-25(29,3)4)11-20(15-27)24(30)28-16-18-9-7-6-8-10-18/h6-14H,5,16H2,1-4H3,(H,28,30)/b20-11+. The van der Waals surface area contributed by atoms with Crippen LogP contribution in [-0.2, 0) is 11.3 Å². The maximum Gasteiger partial charge on any atom is 0.262 e. The first-order chi connectivity index (χ1) is 14.3. The molecule has 0 fully saturated rings. The second-order valence-electron chi connectivity index (χ2n) is 7.95. The third-order valence-corrected chi connectivity index (χ3v) is 5.37. The molecule has 154 valence electrons. The van der Waals surface area contributed by atoms with E-state index in [-0.39, 0.29) is 16.7 Å². The number of halogens is 1. The number of allylic oxidation sites excluding steroid dienone is 1. The van der Waals surface area contributed by atoms with Crippen LogP contribution in [0.3, 0.4) is 0 Å². The number of likely N-dealkylation sites (N-methyl/N-ethyl adjacent to an activating group) is 1. The number of benzene rings is 2. The minimum Gasteiger partial charge on any atom is -0.363 e. The van der Waals surface area contributed by atoms with Crippen LogP contribution < -0.4 is 10.2 Å². The van der Waals surface area contributed by atoms with Gasteiger partial charge in [0, 0.05) is 29.9 Å². The van der Waals surface area contributed by atoms with E-state index in [4.69, 9.17) is 0 Å². The van der Waals surface area contributed by atoms with Crippen LogP contribution >= 0.6 is 0 Å². The summed E-state index contributed by atoms with van der Waals surface area (Å²) in [6.45, 7) is 9.27. The van der Waals surface area contributed by atoms with Gasteiger partial charge in [-0.25, -0.2) is 4.39 Å². The molecule has 0 radical (unpaired) electrons. The summed E-state index contributed by atoms with van der Waals surface area (Å²) in [6, 6.07) is 14.5. The number of anilines is 1. The SMILES string of the molecule is CCN1c2cc(F)c(/C=C(\C#N)C(=O)NCc3ccccc3)cc2C(C)=CC1(C)C. The number of carbonyl (C=O) groups excluding carboxylic acids is 1. The number of nitriles is 1. The van der Waals surface area contributed by atoms with Crippen molar-refractivity contribution in [3.63, 3.8) is 0 Å². The number of fused-ring (bicyclic) bond motifs is 1. The topological polar surface area (TPSA) is 56.1 Å². The van der Waals surface area contributed by atoms with Crippen LogP contribution in [0.2, 0.25) is 0 Å². The molecule has 1 N–H and O–H groups in total. The predicted octanol–water partition coefficient (Wildman–Crippen LogP) is 5.07. The van der Waals surface area contributed by atoms with Crippen molar-refractivity contribution in [2.45, 2.75) is 39.8 Å². The minimum absolute atomic E-state index is 0.130. The molecule has 0 aromatic heterocycles. The zero-order valence-electron chi connectivity index (χ0n) is 17.8. The van der Waals surface area contributed by atoms with Crippen molar-refractivity contribution in [1.29, 1.82) is 5.26 Å². The molecular formula is C25H26FN3O. The van der Waals surface area contributed by atoms with Crippen LogP contribution in [-0.4, -0.2) is 18.0 Å². The Morgan fingerprint density at radius 3 is 2.60 bits per heavy atom. The van der Waals surface area contributed by atoms with E-state index in [0.29, 0.717) is 6.54 Å². The molecule has 3 rings (SSSR count). The first-order valence-corrected chi connectivity index (χ1v) is 10.0. The summed E-state index contributed by atoms with van der Waals surface area (Å²) in [5, 5.41) is 12.2. The lowest BCUT2D eigenvalue weighted by Crippen LogP contribution is -2.45. The Balaban J connectivity index is 1.92. The fraction of sp³-hybridized carbons (Fsp3) is 0.280. The first kappa shape index (κ1) is 21.3. The molecule has 4 nitrogen and oxygen atoms in total. The molecule has 0 unspecified atom stereocenters. The smallest absolute Gasteiger partial charge is 0.262 e. The van der Waals surface area contributed by atoms with Crippen molar-refractivity contribution >= 4 is 23.2 Å². The number of carbonyl (C=O) groups is 1. The van der Waals surface area contributed by atoms with Crippen molar-refractivity contribution < 1.29 is 9.18 Å². The van der Waals surface area contributed by atoms with Crippen molar-refractivity contribution in [3.8, 4) is 6.07 Å². The molecule has 0 aliphatic carbocycles. The van der Waals surface area contributed by atoms with E-state index < -0.39 is 11.7 Å². The van der Waals surface area contributed by atoms with Gasteiger partial charge in [0.2, 0.25) is 0 Å². The fourth-order valence-electron chi connectivity index (χ4n) is 3.98. The van der Waals surface area contributed by atoms with Gasteiger partial charge in [0.05, 0.1) is 5.54 Å². The highest BCUT2D eigenvalue weighted by molar-refractivity contribution is 6.02. The highest BCUT2D eigenvalue weighted by Gasteiger charge is 2.31.